The van der Waals surface area contributed by atoms with Gasteiger partial charge in [0.15, 0.2) is 0 Å². The first-order chi connectivity index (χ1) is 8.46. The first-order valence-electron chi connectivity index (χ1n) is 6.57. The van der Waals surface area contributed by atoms with Gasteiger partial charge in [-0.25, -0.2) is 0 Å². The molecule has 0 aromatic heterocycles. The molecule has 0 atom stereocenters. The molecule has 0 fully saturated rings. The summed E-state index contributed by atoms with van der Waals surface area (Å²) in [6.45, 7) is 9.61. The average Bonchev–Trinajstić information content (AvgIpc) is 2.38. The first-order valence-corrected chi connectivity index (χ1v) is 9.07. The first kappa shape index (κ1) is 13.1. The van der Waals surface area contributed by atoms with Crippen LogP contribution in [0.2, 0.25) is 11.6 Å². The van der Waals surface area contributed by atoms with Gasteiger partial charge in [-0.2, -0.15) is 0 Å². The van der Waals surface area contributed by atoms with Crippen molar-refractivity contribution in [3.8, 4) is 0 Å². The molecule has 0 spiro atoms. The summed E-state index contributed by atoms with van der Waals surface area (Å²) in [5, 5.41) is 3.34. The zero-order chi connectivity index (χ0) is 13.2. The number of benzene rings is 2. The summed E-state index contributed by atoms with van der Waals surface area (Å²) in [5.74, 6) is 0. The highest BCUT2D eigenvalue weighted by molar-refractivity contribution is 7.03. The lowest BCUT2D eigenvalue weighted by Crippen LogP contribution is -2.61. The van der Waals surface area contributed by atoms with Crippen LogP contribution in [-0.2, 0) is 0 Å². The van der Waals surface area contributed by atoms with E-state index in [-0.39, 0.29) is 0 Å². The molecule has 0 radical (unpaired) electrons. The Kier molecular flexibility index (Phi) is 3.44. The predicted molar refractivity (Wildman–Crippen MR) is 83.5 cm³/mol. The van der Waals surface area contributed by atoms with Crippen LogP contribution in [0.4, 0.5) is 0 Å². The zero-order valence-electron chi connectivity index (χ0n) is 11.8. The van der Waals surface area contributed by atoms with E-state index in [2.05, 4.69) is 88.0 Å². The molecular weight excluding hydrogens is 232 g/mol. The van der Waals surface area contributed by atoms with Crippen LogP contribution in [-0.4, -0.2) is 8.07 Å². The third-order valence-electron chi connectivity index (χ3n) is 4.20. The molecule has 0 nitrogen and oxygen atoms in total. The van der Waals surface area contributed by atoms with E-state index in [1.165, 1.54) is 10.4 Å². The molecule has 0 aliphatic heterocycles. The van der Waals surface area contributed by atoms with E-state index in [1.807, 2.05) is 0 Å². The van der Waals surface area contributed by atoms with Crippen molar-refractivity contribution in [1.29, 1.82) is 0 Å². The molecular formula is C17H22Si. The summed E-state index contributed by atoms with van der Waals surface area (Å²) in [4.78, 5) is 0. The molecule has 18 heavy (non-hydrogen) atoms. The van der Waals surface area contributed by atoms with E-state index in [0.29, 0.717) is 5.04 Å². The lowest BCUT2D eigenvalue weighted by Gasteiger charge is -2.41. The summed E-state index contributed by atoms with van der Waals surface area (Å²) in [5.41, 5.74) is 0. The third kappa shape index (κ3) is 2.15. The van der Waals surface area contributed by atoms with Gasteiger partial charge >= 0.3 is 0 Å². The van der Waals surface area contributed by atoms with Crippen molar-refractivity contribution < 1.29 is 0 Å². The van der Waals surface area contributed by atoms with Gasteiger partial charge in [-0.1, -0.05) is 98.4 Å². The summed E-state index contributed by atoms with van der Waals surface area (Å²) >= 11 is 0. The van der Waals surface area contributed by atoms with E-state index in [4.69, 9.17) is 0 Å². The molecule has 0 heterocycles. The highest BCUT2D eigenvalue weighted by atomic mass is 28.3. The predicted octanol–water partition coefficient (Wildman–Crippen LogP) is 3.68. The second-order valence-electron chi connectivity index (χ2n) is 6.11. The van der Waals surface area contributed by atoms with Crippen LogP contribution in [0.5, 0.6) is 0 Å². The molecule has 0 saturated heterocycles. The number of rotatable bonds is 2. The van der Waals surface area contributed by atoms with Crippen LogP contribution < -0.4 is 10.4 Å². The van der Waals surface area contributed by atoms with Gasteiger partial charge in [0, 0.05) is 0 Å². The van der Waals surface area contributed by atoms with E-state index in [1.54, 1.807) is 0 Å². The van der Waals surface area contributed by atoms with Gasteiger partial charge < -0.3 is 0 Å². The third-order valence-corrected chi connectivity index (χ3v) is 10.2. The average molecular weight is 254 g/mol. The van der Waals surface area contributed by atoms with Crippen LogP contribution in [0.3, 0.4) is 0 Å². The monoisotopic (exact) mass is 254 g/mol. The molecule has 1 heteroatoms. The van der Waals surface area contributed by atoms with Crippen molar-refractivity contribution in [2.45, 2.75) is 32.4 Å². The lowest BCUT2D eigenvalue weighted by molar-refractivity contribution is 0.734. The van der Waals surface area contributed by atoms with E-state index in [0.717, 1.165) is 0 Å². The maximum Gasteiger partial charge on any atom is 0.120 e. The highest BCUT2D eigenvalue weighted by Gasteiger charge is 2.42. The lowest BCUT2D eigenvalue weighted by atomic mass is 10.2. The molecule has 0 aliphatic rings. The molecule has 94 valence electrons. The second-order valence-corrected chi connectivity index (χ2v) is 11.0. The fraction of sp³-hybridized carbons (Fsp3) is 0.294. The Morgan fingerprint density at radius 1 is 0.667 bits per heavy atom. The number of hydrogen-bond acceptors (Lipinski definition) is 0. The molecule has 2 rings (SSSR count). The minimum absolute atomic E-state index is 0.301. The Morgan fingerprint density at radius 2 is 1.00 bits per heavy atom. The smallest absolute Gasteiger partial charge is 0.0626 e. The molecule has 0 N–H and O–H groups in total. The van der Waals surface area contributed by atoms with Crippen LogP contribution >= 0.6 is 0 Å². The SMILES string of the molecule is CC(C)(C)[Si](C)(c1ccccc1)c1ccccc1. The topological polar surface area (TPSA) is 0 Å². The molecule has 0 bridgehead atoms. The van der Waals surface area contributed by atoms with E-state index in [9.17, 15) is 0 Å². The van der Waals surface area contributed by atoms with Crippen molar-refractivity contribution in [2.75, 3.05) is 0 Å². The second kappa shape index (κ2) is 4.73. The Morgan fingerprint density at radius 3 is 1.28 bits per heavy atom. The Hall–Kier alpha value is -1.34. The minimum Gasteiger partial charge on any atom is -0.0626 e. The Labute approximate surface area is 112 Å². The normalized spacial score (nSPS) is 12.4. The van der Waals surface area contributed by atoms with Crippen molar-refractivity contribution in [1.82, 2.24) is 0 Å². The molecule has 0 aliphatic carbocycles. The quantitative estimate of drug-likeness (QED) is 0.717. The minimum atomic E-state index is -1.70. The molecule has 2 aromatic carbocycles. The maximum atomic E-state index is 2.48. The maximum absolute atomic E-state index is 2.48. The highest BCUT2D eigenvalue weighted by Crippen LogP contribution is 2.35. The van der Waals surface area contributed by atoms with Gasteiger partial charge in [0.25, 0.3) is 0 Å². The Balaban J connectivity index is 2.63. The van der Waals surface area contributed by atoms with Crippen molar-refractivity contribution >= 4 is 18.4 Å². The summed E-state index contributed by atoms with van der Waals surface area (Å²) in [7, 11) is -1.70. The van der Waals surface area contributed by atoms with Gasteiger partial charge in [0.1, 0.15) is 8.07 Å². The van der Waals surface area contributed by atoms with Gasteiger partial charge in [0.05, 0.1) is 0 Å². The van der Waals surface area contributed by atoms with Crippen LogP contribution in [0.1, 0.15) is 20.8 Å². The fourth-order valence-corrected chi connectivity index (χ4v) is 6.36. The largest absolute Gasteiger partial charge is 0.120 e. The Bertz CT molecular complexity index is 455. The van der Waals surface area contributed by atoms with Gasteiger partial charge in [-0.15, -0.1) is 0 Å². The standard InChI is InChI=1S/C17H22Si/c1-17(2,3)18(4,15-11-7-5-8-12-15)16-13-9-6-10-14-16/h5-14H,1-4H3. The van der Waals surface area contributed by atoms with E-state index < -0.39 is 8.07 Å². The molecule has 0 amide bonds. The van der Waals surface area contributed by atoms with Crippen molar-refractivity contribution in [2.24, 2.45) is 0 Å². The van der Waals surface area contributed by atoms with Crippen molar-refractivity contribution in [3.05, 3.63) is 60.7 Å². The summed E-state index contributed by atoms with van der Waals surface area (Å²) in [6, 6.07) is 22.0. The molecule has 0 saturated carbocycles. The van der Waals surface area contributed by atoms with Crippen LogP contribution in [0, 0.1) is 0 Å². The van der Waals surface area contributed by atoms with E-state index >= 15 is 0 Å². The molecule has 2 aromatic rings. The zero-order valence-corrected chi connectivity index (χ0v) is 12.8. The summed E-state index contributed by atoms with van der Waals surface area (Å²) < 4.78 is 0. The van der Waals surface area contributed by atoms with Crippen LogP contribution in [0.25, 0.3) is 0 Å². The fourth-order valence-electron chi connectivity index (χ4n) is 2.58. The summed E-state index contributed by atoms with van der Waals surface area (Å²) in [6.07, 6.45) is 0. The van der Waals surface area contributed by atoms with Gasteiger partial charge in [-0.05, 0) is 5.04 Å². The van der Waals surface area contributed by atoms with Gasteiger partial charge in [0.2, 0.25) is 0 Å². The number of hydrogen-bond donors (Lipinski definition) is 0. The van der Waals surface area contributed by atoms with Gasteiger partial charge in [-0.3, -0.25) is 0 Å². The molecule has 0 unspecified atom stereocenters. The van der Waals surface area contributed by atoms with Crippen LogP contribution in [0.15, 0.2) is 60.7 Å². The van der Waals surface area contributed by atoms with Crippen molar-refractivity contribution in [3.63, 3.8) is 0 Å².